The lowest BCUT2D eigenvalue weighted by Crippen LogP contribution is -2.06. The van der Waals surface area contributed by atoms with Crippen molar-refractivity contribution in [3.05, 3.63) is 35.7 Å². The minimum Gasteiger partial charge on any atom is -0.395 e. The number of fused-ring (bicyclic) bond motifs is 1. The van der Waals surface area contributed by atoms with E-state index in [1.807, 2.05) is 12.1 Å². The van der Waals surface area contributed by atoms with E-state index in [1.165, 1.54) is 0 Å². The van der Waals surface area contributed by atoms with Crippen LogP contribution < -0.4 is 5.32 Å². The zero-order chi connectivity index (χ0) is 13.9. The van der Waals surface area contributed by atoms with Gasteiger partial charge in [0.15, 0.2) is 0 Å². The third kappa shape index (κ3) is 2.43. The molecule has 0 aliphatic rings. The topological polar surface area (TPSA) is 86.7 Å². The molecule has 3 aromatic rings. The van der Waals surface area contributed by atoms with E-state index in [1.54, 1.807) is 18.5 Å². The highest BCUT2D eigenvalue weighted by Gasteiger charge is 2.08. The monoisotopic (exact) mass is 289 g/mol. The number of nitrogens with one attached hydrogen (secondary N) is 2. The predicted octanol–water partition coefficient (Wildman–Crippen LogP) is 2.08. The maximum atomic E-state index is 8.90. The second-order valence-electron chi connectivity index (χ2n) is 4.20. The van der Waals surface area contributed by atoms with Crippen LogP contribution >= 0.6 is 11.6 Å². The van der Waals surface area contributed by atoms with Gasteiger partial charge in [-0.05, 0) is 12.1 Å². The summed E-state index contributed by atoms with van der Waals surface area (Å²) in [4.78, 5) is 8.70. The number of nitrogens with zero attached hydrogens (tertiary/aromatic N) is 3. The molecule has 0 fully saturated rings. The van der Waals surface area contributed by atoms with Crippen LogP contribution in [0.15, 0.2) is 30.6 Å². The highest BCUT2D eigenvalue weighted by molar-refractivity contribution is 6.30. The van der Waals surface area contributed by atoms with Crippen LogP contribution in [0, 0.1) is 0 Å². The zero-order valence-electron chi connectivity index (χ0n) is 10.5. The van der Waals surface area contributed by atoms with Gasteiger partial charge in [-0.3, -0.25) is 10.1 Å². The third-order valence-electron chi connectivity index (χ3n) is 2.85. The Morgan fingerprint density at radius 1 is 1.35 bits per heavy atom. The van der Waals surface area contributed by atoms with Crippen molar-refractivity contribution in [1.29, 1.82) is 0 Å². The molecule has 0 amide bonds. The van der Waals surface area contributed by atoms with Crippen LogP contribution in [0.1, 0.15) is 0 Å². The van der Waals surface area contributed by atoms with Crippen molar-refractivity contribution in [1.82, 2.24) is 20.2 Å². The number of H-pyrrole nitrogens is 1. The van der Waals surface area contributed by atoms with Gasteiger partial charge in [-0.1, -0.05) is 11.6 Å². The van der Waals surface area contributed by atoms with Gasteiger partial charge in [-0.2, -0.15) is 5.10 Å². The Balaban J connectivity index is 2.10. The standard InChI is InChI=1S/C13H12ClN5O/c14-12-6-10(15-3-4-20)13-11(18-12)5-8(7-16-13)9-1-2-17-19-9/h1-2,5-7,20H,3-4H2,(H,15,18)(H,17,19). The van der Waals surface area contributed by atoms with Crippen LogP contribution in [0.2, 0.25) is 5.15 Å². The van der Waals surface area contributed by atoms with Crippen LogP contribution in [0.25, 0.3) is 22.3 Å². The summed E-state index contributed by atoms with van der Waals surface area (Å²) < 4.78 is 0. The van der Waals surface area contributed by atoms with Gasteiger partial charge >= 0.3 is 0 Å². The van der Waals surface area contributed by atoms with Crippen molar-refractivity contribution < 1.29 is 5.11 Å². The summed E-state index contributed by atoms with van der Waals surface area (Å²) >= 11 is 6.02. The number of aromatic nitrogens is 4. The van der Waals surface area contributed by atoms with E-state index in [2.05, 4.69) is 25.5 Å². The van der Waals surface area contributed by atoms with Gasteiger partial charge in [-0.15, -0.1) is 0 Å². The number of hydrogen-bond acceptors (Lipinski definition) is 5. The zero-order valence-corrected chi connectivity index (χ0v) is 11.2. The molecular weight excluding hydrogens is 278 g/mol. The lowest BCUT2D eigenvalue weighted by atomic mass is 10.2. The molecule has 7 heteroatoms. The highest BCUT2D eigenvalue weighted by atomic mass is 35.5. The number of rotatable bonds is 4. The van der Waals surface area contributed by atoms with E-state index in [9.17, 15) is 0 Å². The van der Waals surface area contributed by atoms with E-state index < -0.39 is 0 Å². The fourth-order valence-corrected chi connectivity index (χ4v) is 2.17. The van der Waals surface area contributed by atoms with Crippen LogP contribution in [-0.2, 0) is 0 Å². The van der Waals surface area contributed by atoms with E-state index >= 15 is 0 Å². The SMILES string of the molecule is OCCNc1cc(Cl)nc2cc(-c3ccn[nH]3)cnc12. The van der Waals surface area contributed by atoms with E-state index in [-0.39, 0.29) is 6.61 Å². The van der Waals surface area contributed by atoms with Gasteiger partial charge in [0.25, 0.3) is 0 Å². The Bertz CT molecular complexity index is 729. The normalized spacial score (nSPS) is 10.9. The molecule has 0 aliphatic carbocycles. The first-order valence-corrected chi connectivity index (χ1v) is 6.46. The first-order valence-electron chi connectivity index (χ1n) is 6.08. The molecule has 0 bridgehead atoms. The van der Waals surface area contributed by atoms with Gasteiger partial charge in [0.2, 0.25) is 0 Å². The van der Waals surface area contributed by atoms with Gasteiger partial charge in [0, 0.05) is 30.6 Å². The maximum Gasteiger partial charge on any atom is 0.131 e. The van der Waals surface area contributed by atoms with Gasteiger partial charge in [0.1, 0.15) is 10.7 Å². The molecule has 0 radical (unpaired) electrons. The Kier molecular flexibility index (Phi) is 3.49. The number of aliphatic hydroxyl groups excluding tert-OH is 1. The van der Waals surface area contributed by atoms with Crippen LogP contribution in [0.5, 0.6) is 0 Å². The summed E-state index contributed by atoms with van der Waals surface area (Å²) in [6, 6.07) is 5.45. The number of halogens is 1. The third-order valence-corrected chi connectivity index (χ3v) is 3.05. The summed E-state index contributed by atoms with van der Waals surface area (Å²) in [6.07, 6.45) is 3.43. The average molecular weight is 290 g/mol. The summed E-state index contributed by atoms with van der Waals surface area (Å²) in [5.41, 5.74) is 3.91. The van der Waals surface area contributed by atoms with Crippen molar-refractivity contribution in [2.75, 3.05) is 18.5 Å². The summed E-state index contributed by atoms with van der Waals surface area (Å²) in [7, 11) is 0. The largest absolute Gasteiger partial charge is 0.395 e. The number of aromatic amines is 1. The lowest BCUT2D eigenvalue weighted by molar-refractivity contribution is 0.311. The Morgan fingerprint density at radius 2 is 2.25 bits per heavy atom. The molecular formula is C13H12ClN5O. The van der Waals surface area contributed by atoms with Crippen molar-refractivity contribution in [2.45, 2.75) is 0 Å². The minimum absolute atomic E-state index is 0.0354. The number of aliphatic hydroxyl groups is 1. The first kappa shape index (κ1) is 12.8. The average Bonchev–Trinajstić information content (AvgIpc) is 2.98. The fraction of sp³-hybridized carbons (Fsp3) is 0.154. The molecule has 3 rings (SSSR count). The van der Waals surface area contributed by atoms with Crippen molar-refractivity contribution in [3.63, 3.8) is 0 Å². The molecule has 102 valence electrons. The predicted molar refractivity (Wildman–Crippen MR) is 77.7 cm³/mol. The molecule has 20 heavy (non-hydrogen) atoms. The fourth-order valence-electron chi connectivity index (χ4n) is 1.97. The smallest absolute Gasteiger partial charge is 0.131 e. The molecule has 0 saturated carbocycles. The molecule has 0 atom stereocenters. The Morgan fingerprint density at radius 3 is 3.00 bits per heavy atom. The Hall–Kier alpha value is -2.18. The second kappa shape index (κ2) is 5.44. The van der Waals surface area contributed by atoms with Crippen LogP contribution in [0.4, 0.5) is 5.69 Å². The van der Waals surface area contributed by atoms with Crippen molar-refractivity contribution >= 4 is 28.3 Å². The highest BCUT2D eigenvalue weighted by Crippen LogP contribution is 2.26. The summed E-state index contributed by atoms with van der Waals surface area (Å²) in [6.45, 7) is 0.465. The van der Waals surface area contributed by atoms with Gasteiger partial charge in [-0.25, -0.2) is 4.98 Å². The maximum absolute atomic E-state index is 8.90. The second-order valence-corrected chi connectivity index (χ2v) is 4.59. The molecule has 0 saturated heterocycles. The molecule has 0 spiro atoms. The molecule has 6 nitrogen and oxygen atoms in total. The Labute approximate surface area is 119 Å². The first-order chi connectivity index (χ1) is 9.78. The van der Waals surface area contributed by atoms with E-state index in [0.29, 0.717) is 22.7 Å². The molecule has 0 aliphatic heterocycles. The molecule has 3 N–H and O–H groups in total. The van der Waals surface area contributed by atoms with E-state index in [0.717, 1.165) is 16.9 Å². The molecule has 3 aromatic heterocycles. The van der Waals surface area contributed by atoms with E-state index in [4.69, 9.17) is 16.7 Å². The van der Waals surface area contributed by atoms with Gasteiger partial charge < -0.3 is 10.4 Å². The lowest BCUT2D eigenvalue weighted by Gasteiger charge is -2.09. The molecule has 0 aromatic carbocycles. The van der Waals surface area contributed by atoms with Crippen LogP contribution in [0.3, 0.4) is 0 Å². The number of pyridine rings is 2. The molecule has 0 unspecified atom stereocenters. The minimum atomic E-state index is 0.0354. The summed E-state index contributed by atoms with van der Waals surface area (Å²) in [5, 5.41) is 19.1. The quantitative estimate of drug-likeness (QED) is 0.640. The van der Waals surface area contributed by atoms with Gasteiger partial charge in [0.05, 0.1) is 23.5 Å². The van der Waals surface area contributed by atoms with Crippen LogP contribution in [-0.4, -0.2) is 38.4 Å². The molecule has 3 heterocycles. The van der Waals surface area contributed by atoms with Crippen molar-refractivity contribution in [3.8, 4) is 11.3 Å². The van der Waals surface area contributed by atoms with Crippen molar-refractivity contribution in [2.24, 2.45) is 0 Å². The number of hydrogen-bond donors (Lipinski definition) is 3. The number of anilines is 1. The summed E-state index contributed by atoms with van der Waals surface area (Å²) in [5.74, 6) is 0.